The van der Waals surface area contributed by atoms with Crippen molar-refractivity contribution in [3.63, 3.8) is 0 Å². The summed E-state index contributed by atoms with van der Waals surface area (Å²) in [6.07, 6.45) is 3.00. The van der Waals surface area contributed by atoms with Gasteiger partial charge in [-0.3, -0.25) is 4.68 Å². The number of nitrogens with one attached hydrogen (secondary N) is 1. The maximum absolute atomic E-state index is 5.23. The Morgan fingerprint density at radius 2 is 2.21 bits per heavy atom. The number of rotatable bonds is 5. The maximum Gasteiger partial charge on any atom is 0.121 e. The highest BCUT2D eigenvalue weighted by Gasteiger charge is 2.07. The molecule has 0 bridgehead atoms. The molecule has 0 amide bonds. The van der Waals surface area contributed by atoms with Crippen LogP contribution in [0.2, 0.25) is 0 Å². The Hall–Kier alpha value is -1.49. The summed E-state index contributed by atoms with van der Waals surface area (Å²) < 4.78 is 8.11. The minimum atomic E-state index is 0.753. The molecule has 1 aromatic carbocycles. The highest BCUT2D eigenvalue weighted by Crippen LogP contribution is 2.27. The molecule has 0 saturated carbocycles. The van der Waals surface area contributed by atoms with E-state index in [0.29, 0.717) is 0 Å². The van der Waals surface area contributed by atoms with Gasteiger partial charge in [-0.05, 0) is 34.5 Å². The van der Waals surface area contributed by atoms with E-state index in [0.717, 1.165) is 34.6 Å². The fourth-order valence-electron chi connectivity index (χ4n) is 1.99. The molecule has 0 aliphatic heterocycles. The van der Waals surface area contributed by atoms with E-state index in [-0.39, 0.29) is 0 Å². The van der Waals surface area contributed by atoms with Gasteiger partial charge in [0.2, 0.25) is 0 Å². The lowest BCUT2D eigenvalue weighted by Crippen LogP contribution is -2.02. The number of ether oxygens (including phenoxy) is 1. The third kappa shape index (κ3) is 3.29. The Morgan fingerprint density at radius 3 is 2.89 bits per heavy atom. The van der Waals surface area contributed by atoms with Crippen LogP contribution in [0.5, 0.6) is 5.75 Å². The van der Waals surface area contributed by atoms with Crippen LogP contribution >= 0.6 is 15.9 Å². The number of hydrogen-bond donors (Lipinski definition) is 1. The lowest BCUT2D eigenvalue weighted by Gasteiger charge is -2.10. The Labute approximate surface area is 121 Å². The highest BCUT2D eigenvalue weighted by atomic mass is 79.9. The molecule has 4 nitrogen and oxygen atoms in total. The fourth-order valence-corrected chi connectivity index (χ4v) is 2.37. The molecule has 0 aliphatic rings. The first-order valence-electron chi connectivity index (χ1n) is 6.22. The molecule has 0 radical (unpaired) electrons. The first kappa shape index (κ1) is 13.9. The van der Waals surface area contributed by atoms with E-state index < -0.39 is 0 Å². The number of aromatic nitrogens is 2. The van der Waals surface area contributed by atoms with Crippen molar-refractivity contribution >= 4 is 21.6 Å². The zero-order valence-electron chi connectivity index (χ0n) is 11.4. The van der Waals surface area contributed by atoms with Gasteiger partial charge in [0, 0.05) is 35.9 Å². The standard InChI is InChI=1S/C14H18BrN3O/c1-4-13-10(9-18(2)17-13)8-16-14-7-11(19-3)5-6-12(14)15/h5-7,9,16H,4,8H2,1-3H3. The van der Waals surface area contributed by atoms with Gasteiger partial charge in [0.25, 0.3) is 0 Å². The minimum Gasteiger partial charge on any atom is -0.497 e. The Morgan fingerprint density at radius 1 is 1.42 bits per heavy atom. The van der Waals surface area contributed by atoms with E-state index in [1.807, 2.05) is 29.9 Å². The predicted octanol–water partition coefficient (Wildman–Crippen LogP) is 3.37. The number of nitrogens with zero attached hydrogens (tertiary/aromatic N) is 2. The number of aryl methyl sites for hydroxylation is 2. The second kappa shape index (κ2) is 6.10. The van der Waals surface area contributed by atoms with Gasteiger partial charge in [-0.1, -0.05) is 6.92 Å². The van der Waals surface area contributed by atoms with Gasteiger partial charge in [0.1, 0.15) is 5.75 Å². The van der Waals surface area contributed by atoms with Crippen molar-refractivity contribution in [1.29, 1.82) is 0 Å². The van der Waals surface area contributed by atoms with Gasteiger partial charge >= 0.3 is 0 Å². The smallest absolute Gasteiger partial charge is 0.121 e. The topological polar surface area (TPSA) is 39.1 Å². The molecule has 0 saturated heterocycles. The van der Waals surface area contributed by atoms with Crippen molar-refractivity contribution in [2.75, 3.05) is 12.4 Å². The molecule has 0 atom stereocenters. The molecule has 1 N–H and O–H groups in total. The number of halogens is 1. The normalized spacial score (nSPS) is 10.5. The largest absolute Gasteiger partial charge is 0.497 e. The average molecular weight is 324 g/mol. The van der Waals surface area contributed by atoms with Crippen LogP contribution in [0.3, 0.4) is 0 Å². The van der Waals surface area contributed by atoms with Gasteiger partial charge in [-0.15, -0.1) is 0 Å². The Balaban J connectivity index is 2.13. The lowest BCUT2D eigenvalue weighted by atomic mass is 10.2. The van der Waals surface area contributed by atoms with Crippen LogP contribution < -0.4 is 10.1 Å². The van der Waals surface area contributed by atoms with Crippen molar-refractivity contribution in [3.8, 4) is 5.75 Å². The van der Waals surface area contributed by atoms with Gasteiger partial charge in [-0.25, -0.2) is 0 Å². The van der Waals surface area contributed by atoms with Gasteiger partial charge in [0.05, 0.1) is 18.5 Å². The van der Waals surface area contributed by atoms with Gasteiger partial charge in [0.15, 0.2) is 0 Å². The van der Waals surface area contributed by atoms with Crippen molar-refractivity contribution in [2.45, 2.75) is 19.9 Å². The maximum atomic E-state index is 5.23. The quantitative estimate of drug-likeness (QED) is 0.917. The van der Waals surface area contributed by atoms with E-state index in [1.54, 1.807) is 7.11 Å². The summed E-state index contributed by atoms with van der Waals surface area (Å²) >= 11 is 3.54. The van der Waals surface area contributed by atoms with Crippen LogP contribution in [0, 0.1) is 0 Å². The number of methoxy groups -OCH3 is 1. The summed E-state index contributed by atoms with van der Waals surface area (Å²) in [5.41, 5.74) is 3.37. The molecule has 102 valence electrons. The molecule has 1 aromatic heterocycles. The molecular weight excluding hydrogens is 306 g/mol. The summed E-state index contributed by atoms with van der Waals surface area (Å²) in [5, 5.41) is 7.85. The summed E-state index contributed by atoms with van der Waals surface area (Å²) in [6.45, 7) is 2.87. The van der Waals surface area contributed by atoms with Gasteiger partial charge < -0.3 is 10.1 Å². The third-order valence-corrected chi connectivity index (χ3v) is 3.66. The van der Waals surface area contributed by atoms with E-state index in [4.69, 9.17) is 4.74 Å². The zero-order valence-corrected chi connectivity index (χ0v) is 13.0. The summed E-state index contributed by atoms with van der Waals surface area (Å²) in [5.74, 6) is 0.840. The van der Waals surface area contributed by atoms with Crippen molar-refractivity contribution in [2.24, 2.45) is 7.05 Å². The third-order valence-electron chi connectivity index (χ3n) is 2.97. The average Bonchev–Trinajstić information content (AvgIpc) is 2.78. The summed E-state index contributed by atoms with van der Waals surface area (Å²) in [4.78, 5) is 0. The molecule has 19 heavy (non-hydrogen) atoms. The van der Waals surface area contributed by atoms with Crippen LogP contribution in [-0.2, 0) is 20.0 Å². The number of anilines is 1. The molecule has 1 heterocycles. The molecule has 0 aliphatic carbocycles. The monoisotopic (exact) mass is 323 g/mol. The van der Waals surface area contributed by atoms with E-state index in [9.17, 15) is 0 Å². The Bertz CT molecular complexity index is 566. The highest BCUT2D eigenvalue weighted by molar-refractivity contribution is 9.10. The van der Waals surface area contributed by atoms with Crippen LogP contribution in [0.1, 0.15) is 18.2 Å². The molecule has 0 fully saturated rings. The van der Waals surface area contributed by atoms with Crippen LogP contribution in [0.15, 0.2) is 28.9 Å². The van der Waals surface area contributed by atoms with Crippen molar-refractivity contribution in [3.05, 3.63) is 40.1 Å². The minimum absolute atomic E-state index is 0.753. The first-order chi connectivity index (χ1) is 9.13. The molecule has 2 rings (SSSR count). The fraction of sp³-hybridized carbons (Fsp3) is 0.357. The second-order valence-corrected chi connectivity index (χ2v) is 5.18. The molecule has 0 unspecified atom stereocenters. The van der Waals surface area contributed by atoms with Crippen LogP contribution in [-0.4, -0.2) is 16.9 Å². The number of benzene rings is 1. The molecule has 2 aromatic rings. The predicted molar refractivity (Wildman–Crippen MR) is 80.6 cm³/mol. The van der Waals surface area contributed by atoms with Crippen LogP contribution in [0.25, 0.3) is 0 Å². The van der Waals surface area contributed by atoms with Crippen LogP contribution in [0.4, 0.5) is 5.69 Å². The van der Waals surface area contributed by atoms with Crippen molar-refractivity contribution in [1.82, 2.24) is 9.78 Å². The number of hydrogen-bond acceptors (Lipinski definition) is 3. The SMILES string of the molecule is CCc1nn(C)cc1CNc1cc(OC)ccc1Br. The van der Waals surface area contributed by atoms with E-state index >= 15 is 0 Å². The summed E-state index contributed by atoms with van der Waals surface area (Å²) in [6, 6.07) is 5.88. The molecular formula is C14H18BrN3O. The van der Waals surface area contributed by atoms with E-state index in [1.165, 1.54) is 5.56 Å². The van der Waals surface area contributed by atoms with E-state index in [2.05, 4.69) is 39.5 Å². The molecule has 5 heteroatoms. The Kier molecular flexibility index (Phi) is 4.47. The summed E-state index contributed by atoms with van der Waals surface area (Å²) in [7, 11) is 3.62. The van der Waals surface area contributed by atoms with Crippen molar-refractivity contribution < 1.29 is 4.74 Å². The second-order valence-electron chi connectivity index (χ2n) is 4.33. The lowest BCUT2D eigenvalue weighted by molar-refractivity contribution is 0.415. The van der Waals surface area contributed by atoms with Gasteiger partial charge in [-0.2, -0.15) is 5.10 Å². The first-order valence-corrected chi connectivity index (χ1v) is 7.02. The zero-order chi connectivity index (χ0) is 13.8. The molecule has 0 spiro atoms.